The van der Waals surface area contributed by atoms with Crippen LogP contribution in [0, 0.1) is 0 Å². The number of esters is 2. The van der Waals surface area contributed by atoms with Crippen LogP contribution in [0.2, 0.25) is 0 Å². The summed E-state index contributed by atoms with van der Waals surface area (Å²) in [6.45, 7) is -0.920. The smallest absolute Gasteiger partial charge is 0.396 e. The molecular weight excluding hydrogens is 324 g/mol. The highest BCUT2D eigenvalue weighted by molar-refractivity contribution is 5.71. The number of aliphatic hydroxyl groups excluding tert-OH is 4. The molecule has 1 saturated heterocycles. The Morgan fingerprint density at radius 3 is 1.71 bits per heavy atom. The van der Waals surface area contributed by atoms with E-state index in [1.54, 1.807) is 0 Å². The third-order valence-corrected chi connectivity index (χ3v) is 3.81. The van der Waals surface area contributed by atoms with Crippen LogP contribution in [0.25, 0.3) is 0 Å². The Hall–Kier alpha value is -1.26. The molecular formula is C15H26O9. The van der Waals surface area contributed by atoms with Gasteiger partial charge in [0.05, 0.1) is 6.61 Å². The topological polar surface area (TPSA) is 154 Å². The van der Waals surface area contributed by atoms with Gasteiger partial charge in [0.1, 0.15) is 12.2 Å². The van der Waals surface area contributed by atoms with Gasteiger partial charge in [-0.3, -0.25) is 9.59 Å². The lowest BCUT2D eigenvalue weighted by atomic mass is 10.1. The Bertz CT molecular complexity index is 388. The number of cyclic esters (lactones) is 2. The SMILES string of the molecule is O=C1CCCCCCCCC(=O)OC(O)([C@@H](O)[C@H](O)[C@H](O)CO)O1. The standard InChI is InChI=1S/C15H26O9/c16-9-10(17)13(20)14(21)15(22)23-11(18)7-5-3-1-2-4-6-8-12(19)24-15/h10,13-14,16-17,20-22H,1-9H2/t10-,13-,14+/m1/s1. The number of aliphatic hydroxyl groups is 5. The number of carbonyl (C=O) groups excluding carboxylic acids is 2. The summed E-state index contributed by atoms with van der Waals surface area (Å²) in [6, 6.07) is 0. The molecule has 1 rings (SSSR count). The van der Waals surface area contributed by atoms with E-state index >= 15 is 0 Å². The Morgan fingerprint density at radius 2 is 1.29 bits per heavy atom. The van der Waals surface area contributed by atoms with Crippen LogP contribution in [-0.2, 0) is 19.1 Å². The maximum absolute atomic E-state index is 11.8. The molecule has 1 fully saturated rings. The minimum absolute atomic E-state index is 0.0643. The van der Waals surface area contributed by atoms with Gasteiger partial charge in [0.2, 0.25) is 0 Å². The first-order chi connectivity index (χ1) is 11.3. The van der Waals surface area contributed by atoms with Gasteiger partial charge in [-0.1, -0.05) is 25.7 Å². The van der Waals surface area contributed by atoms with E-state index in [1.165, 1.54) is 0 Å². The summed E-state index contributed by atoms with van der Waals surface area (Å²) in [5.74, 6) is -4.99. The Kier molecular flexibility index (Phi) is 8.57. The molecule has 0 aromatic heterocycles. The molecule has 1 aliphatic heterocycles. The molecule has 0 bridgehead atoms. The molecule has 0 saturated carbocycles. The number of hydrogen-bond acceptors (Lipinski definition) is 9. The van der Waals surface area contributed by atoms with E-state index in [2.05, 4.69) is 9.47 Å². The predicted molar refractivity (Wildman–Crippen MR) is 79.2 cm³/mol. The van der Waals surface area contributed by atoms with E-state index in [0.717, 1.165) is 25.7 Å². The van der Waals surface area contributed by atoms with E-state index in [0.29, 0.717) is 12.8 Å². The number of ether oxygens (including phenoxy) is 2. The summed E-state index contributed by atoms with van der Waals surface area (Å²) in [5, 5.41) is 48.1. The molecule has 0 radical (unpaired) electrons. The van der Waals surface area contributed by atoms with E-state index in [4.69, 9.17) is 5.11 Å². The van der Waals surface area contributed by atoms with E-state index in [1.807, 2.05) is 0 Å². The predicted octanol–water partition coefficient (Wildman–Crippen LogP) is -1.07. The van der Waals surface area contributed by atoms with E-state index in [-0.39, 0.29) is 12.8 Å². The fourth-order valence-electron chi connectivity index (χ4n) is 2.35. The fraction of sp³-hybridized carbons (Fsp3) is 0.867. The average Bonchev–Trinajstić information content (AvgIpc) is 2.55. The normalized spacial score (nSPS) is 24.4. The Balaban J connectivity index is 2.92. The summed E-state index contributed by atoms with van der Waals surface area (Å²) in [4.78, 5) is 23.6. The molecule has 9 nitrogen and oxygen atoms in total. The lowest BCUT2D eigenvalue weighted by molar-refractivity contribution is -0.374. The van der Waals surface area contributed by atoms with Gasteiger partial charge >= 0.3 is 17.9 Å². The van der Waals surface area contributed by atoms with Crippen LogP contribution in [0.4, 0.5) is 0 Å². The van der Waals surface area contributed by atoms with Gasteiger partial charge < -0.3 is 35.0 Å². The van der Waals surface area contributed by atoms with E-state index in [9.17, 15) is 30.0 Å². The zero-order valence-electron chi connectivity index (χ0n) is 13.5. The third-order valence-electron chi connectivity index (χ3n) is 3.81. The Morgan fingerprint density at radius 1 is 0.875 bits per heavy atom. The maximum Gasteiger partial charge on any atom is 0.403 e. The van der Waals surface area contributed by atoms with Gasteiger partial charge in [-0.05, 0) is 12.8 Å². The first-order valence-electron chi connectivity index (χ1n) is 8.11. The molecule has 0 aliphatic carbocycles. The molecule has 3 atom stereocenters. The van der Waals surface area contributed by atoms with Crippen molar-refractivity contribution < 1.29 is 44.6 Å². The highest BCUT2D eigenvalue weighted by Crippen LogP contribution is 2.23. The summed E-state index contributed by atoms with van der Waals surface area (Å²) >= 11 is 0. The van der Waals surface area contributed by atoms with Crippen LogP contribution >= 0.6 is 0 Å². The van der Waals surface area contributed by atoms with Gasteiger partial charge in [0, 0.05) is 12.8 Å². The summed E-state index contributed by atoms with van der Waals surface area (Å²) < 4.78 is 9.34. The van der Waals surface area contributed by atoms with Crippen molar-refractivity contribution in [2.24, 2.45) is 0 Å². The van der Waals surface area contributed by atoms with Crippen LogP contribution in [0.1, 0.15) is 51.4 Å². The van der Waals surface area contributed by atoms with Crippen molar-refractivity contribution in [2.45, 2.75) is 75.7 Å². The van der Waals surface area contributed by atoms with Crippen LogP contribution in [0.15, 0.2) is 0 Å². The first kappa shape index (κ1) is 20.8. The van der Waals surface area contributed by atoms with E-state index < -0.39 is 42.8 Å². The zero-order chi connectivity index (χ0) is 18.2. The third kappa shape index (κ3) is 6.33. The second kappa shape index (κ2) is 9.90. The lowest BCUT2D eigenvalue weighted by Gasteiger charge is -2.34. The lowest BCUT2D eigenvalue weighted by Crippen LogP contribution is -2.58. The van der Waals surface area contributed by atoms with Crippen molar-refractivity contribution in [3.63, 3.8) is 0 Å². The van der Waals surface area contributed by atoms with Gasteiger partial charge in [-0.15, -0.1) is 0 Å². The average molecular weight is 350 g/mol. The minimum Gasteiger partial charge on any atom is -0.396 e. The fourth-order valence-corrected chi connectivity index (χ4v) is 2.35. The second-order valence-corrected chi connectivity index (χ2v) is 5.89. The van der Waals surface area contributed by atoms with Crippen molar-refractivity contribution in [1.29, 1.82) is 0 Å². The molecule has 0 unspecified atom stereocenters. The second-order valence-electron chi connectivity index (χ2n) is 5.89. The van der Waals surface area contributed by atoms with Gasteiger partial charge in [0.25, 0.3) is 0 Å². The highest BCUT2D eigenvalue weighted by atomic mass is 16.8. The number of carbonyl (C=O) groups is 2. The number of hydrogen-bond donors (Lipinski definition) is 5. The van der Waals surface area contributed by atoms with Crippen molar-refractivity contribution in [3.05, 3.63) is 0 Å². The summed E-state index contributed by atoms with van der Waals surface area (Å²) in [6.07, 6.45) is -2.06. The number of rotatable bonds is 4. The molecule has 0 aromatic carbocycles. The quantitative estimate of drug-likeness (QED) is 0.399. The highest BCUT2D eigenvalue weighted by Gasteiger charge is 2.50. The van der Waals surface area contributed by atoms with Crippen molar-refractivity contribution in [1.82, 2.24) is 0 Å². The van der Waals surface area contributed by atoms with Gasteiger partial charge in [-0.25, -0.2) is 0 Å². The van der Waals surface area contributed by atoms with Crippen LogP contribution in [0.5, 0.6) is 0 Å². The molecule has 5 N–H and O–H groups in total. The van der Waals surface area contributed by atoms with Crippen LogP contribution in [-0.4, -0.2) is 68.4 Å². The van der Waals surface area contributed by atoms with Crippen LogP contribution in [0.3, 0.4) is 0 Å². The van der Waals surface area contributed by atoms with Crippen molar-refractivity contribution >= 4 is 11.9 Å². The van der Waals surface area contributed by atoms with Crippen molar-refractivity contribution in [2.75, 3.05) is 6.61 Å². The molecule has 0 spiro atoms. The molecule has 24 heavy (non-hydrogen) atoms. The molecule has 0 aromatic rings. The Labute approximate surface area is 139 Å². The molecule has 1 aliphatic rings. The molecule has 1 heterocycles. The van der Waals surface area contributed by atoms with Crippen molar-refractivity contribution in [3.8, 4) is 0 Å². The monoisotopic (exact) mass is 350 g/mol. The van der Waals surface area contributed by atoms with Crippen LogP contribution < -0.4 is 0 Å². The maximum atomic E-state index is 11.8. The molecule has 140 valence electrons. The molecule has 0 amide bonds. The summed E-state index contributed by atoms with van der Waals surface area (Å²) in [7, 11) is 0. The minimum atomic E-state index is -3.14. The zero-order valence-corrected chi connectivity index (χ0v) is 13.5. The molecule has 9 heteroatoms. The van der Waals surface area contributed by atoms with Gasteiger partial charge in [0.15, 0.2) is 6.10 Å². The largest absolute Gasteiger partial charge is 0.403 e. The summed E-state index contributed by atoms with van der Waals surface area (Å²) in [5.41, 5.74) is 0. The van der Waals surface area contributed by atoms with Gasteiger partial charge in [-0.2, -0.15) is 0 Å². The first-order valence-corrected chi connectivity index (χ1v) is 8.11.